The Balaban J connectivity index is 1.73. The second-order valence-electron chi connectivity index (χ2n) is 6.25. The first kappa shape index (κ1) is 19.3. The highest BCUT2D eigenvalue weighted by atomic mass is 35.5. The van der Waals surface area contributed by atoms with Gasteiger partial charge in [0.25, 0.3) is 0 Å². The molecule has 0 aliphatic carbocycles. The molecule has 1 aromatic heterocycles. The molecule has 0 spiro atoms. The van der Waals surface area contributed by atoms with Crippen LogP contribution in [0.1, 0.15) is 24.0 Å². The van der Waals surface area contributed by atoms with E-state index in [-0.39, 0.29) is 11.2 Å². The van der Waals surface area contributed by atoms with E-state index in [2.05, 4.69) is 27.1 Å². The van der Waals surface area contributed by atoms with E-state index >= 15 is 0 Å². The van der Waals surface area contributed by atoms with Crippen LogP contribution in [0.3, 0.4) is 0 Å². The fourth-order valence-corrected chi connectivity index (χ4v) is 3.25. The van der Waals surface area contributed by atoms with Crippen molar-refractivity contribution >= 4 is 35.1 Å². The second-order valence-corrected chi connectivity index (χ2v) is 6.99. The highest BCUT2D eigenvalue weighted by Gasteiger charge is 2.23. The average Bonchev–Trinajstić information content (AvgIpc) is 2.67. The second kappa shape index (κ2) is 8.94. The highest BCUT2D eigenvalue weighted by molar-refractivity contribution is 6.31. The van der Waals surface area contributed by atoms with Gasteiger partial charge in [0.15, 0.2) is 0 Å². The highest BCUT2D eigenvalue weighted by Crippen LogP contribution is 2.20. The monoisotopic (exact) mass is 404 g/mol. The van der Waals surface area contributed by atoms with Crippen molar-refractivity contribution in [3.05, 3.63) is 51.9 Å². The zero-order chi connectivity index (χ0) is 19.2. The molecule has 2 aromatic rings. The van der Waals surface area contributed by atoms with Gasteiger partial charge in [0, 0.05) is 31.4 Å². The number of rotatable bonds is 3. The van der Waals surface area contributed by atoms with Gasteiger partial charge in [-0.15, -0.1) is 0 Å². The number of carbonyl (C=O) groups is 1. The van der Waals surface area contributed by atoms with Crippen LogP contribution in [-0.2, 0) is 0 Å². The molecule has 0 saturated carbocycles. The molecular formula is C19H18Cl2N4O2. The van der Waals surface area contributed by atoms with Gasteiger partial charge in [0.05, 0.1) is 10.6 Å². The van der Waals surface area contributed by atoms with Crippen molar-refractivity contribution in [2.24, 2.45) is 5.92 Å². The predicted molar refractivity (Wildman–Crippen MR) is 105 cm³/mol. The van der Waals surface area contributed by atoms with Crippen molar-refractivity contribution < 1.29 is 9.90 Å². The average molecular weight is 405 g/mol. The number of nitrogens with one attached hydrogen (secondary N) is 1. The Hall–Kier alpha value is -2.49. The van der Waals surface area contributed by atoms with Crippen molar-refractivity contribution in [2.45, 2.75) is 12.8 Å². The van der Waals surface area contributed by atoms with Gasteiger partial charge in [-0.1, -0.05) is 35.6 Å². The molecule has 1 unspecified atom stereocenters. The van der Waals surface area contributed by atoms with E-state index in [9.17, 15) is 4.79 Å². The zero-order valence-corrected chi connectivity index (χ0v) is 16.0. The summed E-state index contributed by atoms with van der Waals surface area (Å²) >= 11 is 12.1. The third kappa shape index (κ3) is 5.25. The summed E-state index contributed by atoms with van der Waals surface area (Å²) in [5.41, 5.74) is 1.31. The maximum Gasteiger partial charge on any atom is 0.407 e. The number of benzene rings is 1. The number of hydrogen-bond acceptors (Lipinski definition) is 4. The minimum absolute atomic E-state index is 0.122. The first-order valence-corrected chi connectivity index (χ1v) is 9.29. The van der Waals surface area contributed by atoms with E-state index in [1.54, 1.807) is 12.3 Å². The van der Waals surface area contributed by atoms with Gasteiger partial charge in [-0.3, -0.25) is 0 Å². The Morgan fingerprint density at radius 1 is 1.30 bits per heavy atom. The van der Waals surface area contributed by atoms with E-state index in [4.69, 9.17) is 28.3 Å². The topological polar surface area (TPSA) is 78.4 Å². The lowest BCUT2D eigenvalue weighted by Gasteiger charge is -2.30. The number of likely N-dealkylation sites (tertiary alicyclic amines) is 1. The molecule has 1 aliphatic heterocycles. The van der Waals surface area contributed by atoms with E-state index in [1.807, 2.05) is 18.2 Å². The third-order valence-electron chi connectivity index (χ3n) is 4.31. The fourth-order valence-electron chi connectivity index (χ4n) is 2.93. The van der Waals surface area contributed by atoms with Crippen molar-refractivity contribution in [1.29, 1.82) is 0 Å². The quantitative estimate of drug-likeness (QED) is 0.597. The van der Waals surface area contributed by atoms with Gasteiger partial charge in [0.1, 0.15) is 5.82 Å². The maximum absolute atomic E-state index is 11.2. The Labute approximate surface area is 167 Å². The third-order valence-corrected chi connectivity index (χ3v) is 4.82. The zero-order valence-electron chi connectivity index (χ0n) is 14.5. The molecule has 2 N–H and O–H groups in total. The lowest BCUT2D eigenvalue weighted by atomic mass is 9.98. The molecule has 2 heterocycles. The molecule has 8 heteroatoms. The molecule has 3 rings (SSSR count). The van der Waals surface area contributed by atoms with Crippen molar-refractivity contribution in [1.82, 2.24) is 14.9 Å². The van der Waals surface area contributed by atoms with Crippen molar-refractivity contribution in [2.75, 3.05) is 25.0 Å². The van der Waals surface area contributed by atoms with Gasteiger partial charge in [-0.25, -0.2) is 9.78 Å². The maximum atomic E-state index is 11.2. The summed E-state index contributed by atoms with van der Waals surface area (Å²) in [5, 5.41) is 13.1. The summed E-state index contributed by atoms with van der Waals surface area (Å²) in [5.74, 6) is 6.78. The summed E-state index contributed by atoms with van der Waals surface area (Å²) in [6, 6.07) is 7.32. The number of piperidine rings is 1. The fraction of sp³-hybridized carbons (Fsp3) is 0.316. The Morgan fingerprint density at radius 2 is 2.07 bits per heavy atom. The number of nitrogens with zero attached hydrogens (tertiary/aromatic N) is 3. The lowest BCUT2D eigenvalue weighted by Crippen LogP contribution is -2.41. The summed E-state index contributed by atoms with van der Waals surface area (Å²) in [6.45, 7) is 1.67. The standard InChI is InChI=1S/C19H18Cl2N4O2/c20-16-6-2-1-5-14(16)7-8-15-11-23-18(21)24-17(15)22-10-13-4-3-9-25(12-13)19(26)27/h1-2,5-6,11,13H,3-4,9-10,12H2,(H,26,27)(H,22,23,24). The van der Waals surface area contributed by atoms with Crippen LogP contribution in [0.4, 0.5) is 10.6 Å². The predicted octanol–water partition coefficient (Wildman–Crippen LogP) is 3.99. The molecule has 1 saturated heterocycles. The van der Waals surface area contributed by atoms with Crippen LogP contribution in [-0.4, -0.2) is 45.7 Å². The lowest BCUT2D eigenvalue weighted by molar-refractivity contribution is 0.122. The number of anilines is 1. The van der Waals surface area contributed by atoms with Crippen LogP contribution in [0.25, 0.3) is 0 Å². The van der Waals surface area contributed by atoms with Crippen molar-refractivity contribution in [3.63, 3.8) is 0 Å². The molecule has 27 heavy (non-hydrogen) atoms. The number of carboxylic acid groups (broad SMARTS) is 1. The van der Waals surface area contributed by atoms with Gasteiger partial charge < -0.3 is 15.3 Å². The molecule has 1 amide bonds. The molecule has 6 nitrogen and oxygen atoms in total. The first-order valence-electron chi connectivity index (χ1n) is 8.54. The summed E-state index contributed by atoms with van der Waals surface area (Å²) in [6.07, 6.45) is 2.49. The molecule has 1 aliphatic rings. The van der Waals surface area contributed by atoms with E-state index in [1.165, 1.54) is 4.90 Å². The number of amides is 1. The van der Waals surface area contributed by atoms with Gasteiger partial charge >= 0.3 is 6.09 Å². The Morgan fingerprint density at radius 3 is 2.85 bits per heavy atom. The van der Waals surface area contributed by atoms with Gasteiger partial charge in [-0.05, 0) is 42.5 Å². The SMILES string of the molecule is O=C(O)N1CCCC(CNc2nc(Cl)ncc2C#Cc2ccccc2Cl)C1. The minimum atomic E-state index is -0.879. The summed E-state index contributed by atoms with van der Waals surface area (Å²) in [7, 11) is 0. The van der Waals surface area contributed by atoms with Crippen LogP contribution in [0.15, 0.2) is 30.5 Å². The first-order chi connectivity index (χ1) is 13.0. The molecular weight excluding hydrogens is 387 g/mol. The minimum Gasteiger partial charge on any atom is -0.465 e. The van der Waals surface area contributed by atoms with Gasteiger partial charge in [0.2, 0.25) is 5.28 Å². The van der Waals surface area contributed by atoms with Crippen LogP contribution in [0.2, 0.25) is 10.3 Å². The largest absolute Gasteiger partial charge is 0.465 e. The van der Waals surface area contributed by atoms with E-state index < -0.39 is 6.09 Å². The molecule has 0 radical (unpaired) electrons. The normalized spacial score (nSPS) is 16.4. The summed E-state index contributed by atoms with van der Waals surface area (Å²) in [4.78, 5) is 20.8. The Bertz CT molecular complexity index is 895. The number of aromatic nitrogens is 2. The number of hydrogen-bond donors (Lipinski definition) is 2. The van der Waals surface area contributed by atoms with Gasteiger partial charge in [-0.2, -0.15) is 4.98 Å². The summed E-state index contributed by atoms with van der Waals surface area (Å²) < 4.78 is 0. The van der Waals surface area contributed by atoms with Crippen LogP contribution < -0.4 is 5.32 Å². The van der Waals surface area contributed by atoms with Crippen LogP contribution in [0.5, 0.6) is 0 Å². The molecule has 140 valence electrons. The van der Waals surface area contributed by atoms with Crippen LogP contribution >= 0.6 is 23.2 Å². The van der Waals surface area contributed by atoms with E-state index in [0.717, 1.165) is 12.8 Å². The smallest absolute Gasteiger partial charge is 0.407 e. The molecule has 1 fully saturated rings. The van der Waals surface area contributed by atoms with Crippen LogP contribution in [0, 0.1) is 17.8 Å². The Kier molecular flexibility index (Phi) is 6.38. The molecule has 1 aromatic carbocycles. The molecule has 0 bridgehead atoms. The van der Waals surface area contributed by atoms with E-state index in [0.29, 0.717) is 41.6 Å². The van der Waals surface area contributed by atoms with Crippen molar-refractivity contribution in [3.8, 4) is 11.8 Å². The molecule has 1 atom stereocenters. The number of halogens is 2.